The van der Waals surface area contributed by atoms with Crippen LogP contribution in [0.4, 0.5) is 17.5 Å². The molecule has 8 heteroatoms. The van der Waals surface area contributed by atoms with Crippen molar-refractivity contribution in [2.24, 2.45) is 0 Å². The Hall–Kier alpha value is -3.65. The van der Waals surface area contributed by atoms with E-state index in [9.17, 15) is 4.79 Å². The Morgan fingerprint density at radius 2 is 1.85 bits per heavy atom. The molecule has 1 saturated heterocycles. The van der Waals surface area contributed by atoms with Crippen LogP contribution in [-0.4, -0.2) is 64.9 Å². The second kappa shape index (κ2) is 11.2. The lowest BCUT2D eigenvalue weighted by molar-refractivity contribution is -0.128. The highest BCUT2D eigenvalue weighted by Crippen LogP contribution is 2.42. The molecule has 8 nitrogen and oxygen atoms in total. The molecule has 1 amide bonds. The maximum atomic E-state index is 12.1. The minimum absolute atomic E-state index is 0.0143. The average molecular weight is 528 g/mol. The fraction of sp³-hybridized carbons (Fsp3) is 0.452. The fourth-order valence-corrected chi connectivity index (χ4v) is 5.53. The lowest BCUT2D eigenvalue weighted by Crippen LogP contribution is -2.49. The van der Waals surface area contributed by atoms with E-state index >= 15 is 0 Å². The zero-order valence-corrected chi connectivity index (χ0v) is 23.6. The summed E-state index contributed by atoms with van der Waals surface area (Å²) in [6, 6.07) is 9.79. The molecule has 0 radical (unpaired) electrons. The molecule has 2 unspecified atom stereocenters. The third-order valence-corrected chi connectivity index (χ3v) is 8.39. The predicted octanol–water partition coefficient (Wildman–Crippen LogP) is 5.27. The number of nitrogens with one attached hydrogen (secondary N) is 1. The molecule has 1 aromatic carbocycles. The molecule has 1 saturated carbocycles. The van der Waals surface area contributed by atoms with Crippen LogP contribution in [0.2, 0.25) is 0 Å². The lowest BCUT2D eigenvalue weighted by Gasteiger charge is -2.39. The SMILES string of the molecule is C=CC(=O)N1CCN(C(CC(=C)CC)c2ccc(C(C)N(C)c3ncc4c(n3)N(C3CC3)C(=C)N4)cc2)CC1. The summed E-state index contributed by atoms with van der Waals surface area (Å²) >= 11 is 0. The smallest absolute Gasteiger partial charge is 0.246 e. The third-order valence-electron chi connectivity index (χ3n) is 8.39. The van der Waals surface area contributed by atoms with Crippen molar-refractivity contribution >= 4 is 23.4 Å². The molecule has 1 aromatic heterocycles. The van der Waals surface area contributed by atoms with Gasteiger partial charge in [-0.25, -0.2) is 4.98 Å². The van der Waals surface area contributed by atoms with Gasteiger partial charge < -0.3 is 20.0 Å². The van der Waals surface area contributed by atoms with E-state index in [-0.39, 0.29) is 18.0 Å². The molecular weight excluding hydrogens is 486 g/mol. The molecule has 2 fully saturated rings. The van der Waals surface area contributed by atoms with E-state index in [1.807, 2.05) is 11.1 Å². The number of carbonyl (C=O) groups is 1. The molecule has 206 valence electrons. The standard InChI is InChI=1S/C31H41N7O/c1-7-21(3)19-28(36-15-17-37(18-16-36)29(39)8-2)25-11-9-24(10-12-25)22(4)35(6)31-32-20-27-30(34-31)38(23(5)33-27)26-13-14-26/h8-12,20,22,26,28,33H,2-3,5,7,13-19H2,1,4,6H3. The van der Waals surface area contributed by atoms with E-state index in [4.69, 9.17) is 4.98 Å². The Morgan fingerprint density at radius 1 is 1.18 bits per heavy atom. The molecule has 2 aliphatic heterocycles. The van der Waals surface area contributed by atoms with E-state index < -0.39 is 0 Å². The number of hydrogen-bond donors (Lipinski definition) is 1. The van der Waals surface area contributed by atoms with Crippen LogP contribution in [0.5, 0.6) is 0 Å². The molecule has 2 aromatic rings. The largest absolute Gasteiger partial charge is 0.338 e. The average Bonchev–Trinajstić information content (AvgIpc) is 3.75. The van der Waals surface area contributed by atoms with Gasteiger partial charge in [0.2, 0.25) is 11.9 Å². The fourth-order valence-electron chi connectivity index (χ4n) is 5.53. The second-order valence-electron chi connectivity index (χ2n) is 10.9. The van der Waals surface area contributed by atoms with Crippen molar-refractivity contribution in [3.05, 3.63) is 78.8 Å². The number of anilines is 3. The van der Waals surface area contributed by atoms with E-state index in [0.29, 0.717) is 12.0 Å². The van der Waals surface area contributed by atoms with Crippen LogP contribution in [0.1, 0.15) is 62.7 Å². The summed E-state index contributed by atoms with van der Waals surface area (Å²) < 4.78 is 0. The third kappa shape index (κ3) is 5.57. The Bertz CT molecular complexity index is 1240. The van der Waals surface area contributed by atoms with Gasteiger partial charge in [-0.3, -0.25) is 9.69 Å². The number of amides is 1. The number of benzene rings is 1. The summed E-state index contributed by atoms with van der Waals surface area (Å²) in [5.41, 5.74) is 4.66. The minimum Gasteiger partial charge on any atom is -0.338 e. The van der Waals surface area contributed by atoms with Crippen LogP contribution in [0.15, 0.2) is 67.7 Å². The van der Waals surface area contributed by atoms with Gasteiger partial charge in [-0.1, -0.05) is 56.5 Å². The normalized spacial score (nSPS) is 18.8. The van der Waals surface area contributed by atoms with E-state index in [2.05, 4.69) is 89.9 Å². The summed E-state index contributed by atoms with van der Waals surface area (Å²) in [4.78, 5) is 30.4. The van der Waals surface area contributed by atoms with Crippen molar-refractivity contribution in [2.75, 3.05) is 48.3 Å². The molecule has 1 aliphatic carbocycles. The number of rotatable bonds is 10. The van der Waals surface area contributed by atoms with Crippen LogP contribution < -0.4 is 15.1 Å². The van der Waals surface area contributed by atoms with Crippen LogP contribution in [0, 0.1) is 0 Å². The Balaban J connectivity index is 1.31. The van der Waals surface area contributed by atoms with Gasteiger partial charge in [-0.05, 0) is 49.8 Å². The van der Waals surface area contributed by atoms with Gasteiger partial charge in [0, 0.05) is 45.3 Å². The van der Waals surface area contributed by atoms with Gasteiger partial charge in [-0.15, -0.1) is 0 Å². The van der Waals surface area contributed by atoms with E-state index in [1.165, 1.54) is 35.6 Å². The highest BCUT2D eigenvalue weighted by atomic mass is 16.2. The van der Waals surface area contributed by atoms with Crippen LogP contribution in [-0.2, 0) is 4.79 Å². The maximum absolute atomic E-state index is 12.1. The first-order valence-electron chi connectivity index (χ1n) is 14.1. The molecule has 5 rings (SSSR count). The second-order valence-corrected chi connectivity index (χ2v) is 10.9. The van der Waals surface area contributed by atoms with Crippen molar-refractivity contribution in [3.63, 3.8) is 0 Å². The molecule has 3 aliphatic rings. The number of nitrogens with zero attached hydrogens (tertiary/aromatic N) is 6. The Labute approximate surface area is 232 Å². The molecule has 1 N–H and O–H groups in total. The quantitative estimate of drug-likeness (QED) is 0.334. The first-order chi connectivity index (χ1) is 18.8. The zero-order valence-electron chi connectivity index (χ0n) is 23.6. The monoisotopic (exact) mass is 527 g/mol. The summed E-state index contributed by atoms with van der Waals surface area (Å²) in [5, 5.41) is 3.32. The minimum atomic E-state index is 0.0143. The molecule has 39 heavy (non-hydrogen) atoms. The van der Waals surface area contributed by atoms with Crippen LogP contribution >= 0.6 is 0 Å². The Kier molecular flexibility index (Phi) is 7.75. The summed E-state index contributed by atoms with van der Waals surface area (Å²) in [5.74, 6) is 2.53. The van der Waals surface area contributed by atoms with Crippen molar-refractivity contribution in [1.29, 1.82) is 0 Å². The highest BCUT2D eigenvalue weighted by molar-refractivity contribution is 5.87. The van der Waals surface area contributed by atoms with Crippen molar-refractivity contribution < 1.29 is 4.79 Å². The number of carbonyl (C=O) groups excluding carboxylic acids is 1. The zero-order chi connectivity index (χ0) is 27.7. The lowest BCUT2D eigenvalue weighted by atomic mass is 9.94. The van der Waals surface area contributed by atoms with Gasteiger partial charge in [-0.2, -0.15) is 4.98 Å². The highest BCUT2D eigenvalue weighted by Gasteiger charge is 2.37. The van der Waals surface area contributed by atoms with Crippen molar-refractivity contribution in [1.82, 2.24) is 19.8 Å². The molecular formula is C31H41N7O. The maximum Gasteiger partial charge on any atom is 0.246 e. The molecule has 2 atom stereocenters. The van der Waals surface area contributed by atoms with Crippen molar-refractivity contribution in [3.8, 4) is 0 Å². The first-order valence-corrected chi connectivity index (χ1v) is 14.1. The van der Waals surface area contributed by atoms with Gasteiger partial charge >= 0.3 is 0 Å². The summed E-state index contributed by atoms with van der Waals surface area (Å²) in [6.45, 7) is 19.6. The number of fused-ring (bicyclic) bond motifs is 1. The first kappa shape index (κ1) is 26.9. The summed E-state index contributed by atoms with van der Waals surface area (Å²) in [6.07, 6.45) is 7.51. The van der Waals surface area contributed by atoms with Gasteiger partial charge in [0.1, 0.15) is 11.5 Å². The molecule has 3 heterocycles. The molecule has 0 spiro atoms. The van der Waals surface area contributed by atoms with E-state index in [0.717, 1.165) is 56.3 Å². The van der Waals surface area contributed by atoms with Gasteiger partial charge in [0.05, 0.1) is 12.2 Å². The van der Waals surface area contributed by atoms with Gasteiger partial charge in [0.15, 0.2) is 5.82 Å². The Morgan fingerprint density at radius 3 is 2.46 bits per heavy atom. The number of aromatic nitrogens is 2. The number of hydrogen-bond acceptors (Lipinski definition) is 7. The van der Waals surface area contributed by atoms with Crippen molar-refractivity contribution in [2.45, 2.75) is 57.7 Å². The predicted molar refractivity (Wildman–Crippen MR) is 159 cm³/mol. The summed E-state index contributed by atoms with van der Waals surface area (Å²) in [7, 11) is 2.05. The van der Waals surface area contributed by atoms with Crippen LogP contribution in [0.25, 0.3) is 0 Å². The van der Waals surface area contributed by atoms with Gasteiger partial charge in [0.25, 0.3) is 0 Å². The molecule has 0 bridgehead atoms. The van der Waals surface area contributed by atoms with Crippen LogP contribution in [0.3, 0.4) is 0 Å². The number of piperazine rings is 1. The van der Waals surface area contributed by atoms with E-state index in [1.54, 1.807) is 0 Å². The topological polar surface area (TPSA) is 67.8 Å².